The summed E-state index contributed by atoms with van der Waals surface area (Å²) in [6.45, 7) is 3.07. The highest BCUT2D eigenvalue weighted by atomic mass is 16.7. The highest BCUT2D eigenvalue weighted by molar-refractivity contribution is 5.90. The number of methoxy groups -OCH3 is 1. The minimum atomic E-state index is -1.82. The number of aliphatic hydroxyl groups is 1. The second-order valence-corrected chi connectivity index (χ2v) is 8.62. The van der Waals surface area contributed by atoms with Crippen LogP contribution in [0.5, 0.6) is 11.5 Å². The normalized spacial score (nSPS) is 15.2. The van der Waals surface area contributed by atoms with Gasteiger partial charge in [0.1, 0.15) is 5.60 Å². The second kappa shape index (κ2) is 9.04. The van der Waals surface area contributed by atoms with Crippen LogP contribution < -0.4 is 20.8 Å². The first-order valence-electron chi connectivity index (χ1n) is 11.4. The van der Waals surface area contributed by atoms with E-state index in [9.17, 15) is 14.7 Å². The number of nitrogens with zero attached hydrogens (tertiary/aromatic N) is 2. The Morgan fingerprint density at radius 3 is 2.69 bits per heavy atom. The van der Waals surface area contributed by atoms with E-state index in [2.05, 4.69) is 0 Å². The van der Waals surface area contributed by atoms with Gasteiger partial charge >= 0.3 is 0 Å². The number of aldehydes is 1. The Balaban J connectivity index is 1.77. The highest BCUT2D eigenvalue weighted by Crippen LogP contribution is 2.42. The molecule has 0 radical (unpaired) electrons. The van der Waals surface area contributed by atoms with Crippen molar-refractivity contribution in [3.05, 3.63) is 50.8 Å². The van der Waals surface area contributed by atoms with Gasteiger partial charge in [0.05, 0.1) is 43.3 Å². The van der Waals surface area contributed by atoms with Crippen LogP contribution in [0.2, 0.25) is 0 Å². The fourth-order valence-corrected chi connectivity index (χ4v) is 4.77. The molecule has 0 saturated heterocycles. The van der Waals surface area contributed by atoms with Crippen molar-refractivity contribution in [2.24, 2.45) is 5.73 Å². The number of pyridine rings is 2. The molecule has 5 rings (SSSR count). The number of fused-ring (bicyclic) bond motifs is 5. The molecule has 2 aromatic heterocycles. The van der Waals surface area contributed by atoms with Crippen molar-refractivity contribution in [1.29, 1.82) is 0 Å². The third-order valence-corrected chi connectivity index (χ3v) is 6.66. The minimum Gasteiger partial charge on any atom is -0.454 e. The molecule has 3 aromatic rings. The fourth-order valence-electron chi connectivity index (χ4n) is 4.77. The third-order valence-electron chi connectivity index (χ3n) is 6.66. The summed E-state index contributed by atoms with van der Waals surface area (Å²) in [5.41, 5.74) is 7.42. The van der Waals surface area contributed by atoms with E-state index in [-0.39, 0.29) is 49.7 Å². The van der Waals surface area contributed by atoms with Crippen LogP contribution in [0.15, 0.2) is 23.0 Å². The lowest BCUT2D eigenvalue weighted by Crippen LogP contribution is -2.34. The molecule has 0 spiro atoms. The van der Waals surface area contributed by atoms with Crippen molar-refractivity contribution in [2.75, 3.05) is 27.1 Å². The van der Waals surface area contributed by atoms with Gasteiger partial charge in [0.25, 0.3) is 5.56 Å². The first-order valence-corrected chi connectivity index (χ1v) is 11.4. The molecule has 0 bridgehead atoms. The van der Waals surface area contributed by atoms with Crippen LogP contribution in [-0.2, 0) is 39.6 Å². The van der Waals surface area contributed by atoms with Crippen molar-refractivity contribution >= 4 is 17.2 Å². The first kappa shape index (κ1) is 23.4. The number of nitrogens with two attached hydrogens (primary N) is 1. The number of benzene rings is 1. The number of carbonyl (C=O) groups is 1. The average molecular weight is 482 g/mol. The number of carbonyl (C=O) groups excluding carboxylic acids is 1. The number of aromatic nitrogens is 2. The topological polar surface area (TPSA) is 135 Å². The quantitative estimate of drug-likeness (QED) is 0.270. The predicted octanol–water partition coefficient (Wildman–Crippen LogP) is 1.57. The summed E-state index contributed by atoms with van der Waals surface area (Å²) in [6.07, 6.45) is 0.574. The molecule has 2 aliphatic heterocycles. The van der Waals surface area contributed by atoms with Gasteiger partial charge in [-0.05, 0) is 24.1 Å². The van der Waals surface area contributed by atoms with Crippen LogP contribution in [0, 0.1) is 0 Å². The maximum absolute atomic E-state index is 13.6. The summed E-state index contributed by atoms with van der Waals surface area (Å²) in [5, 5.41) is 11.9. The molecular weight excluding hydrogens is 454 g/mol. The molecule has 1 atom stereocenters. The second-order valence-electron chi connectivity index (χ2n) is 8.62. The number of rotatable bonds is 9. The zero-order chi connectivity index (χ0) is 24.7. The van der Waals surface area contributed by atoms with Gasteiger partial charge in [-0.25, -0.2) is 4.98 Å². The standard InChI is InChI=1S/C25H27N3O7/c1-3-25(31,12-29)18-7-20-23-15(9-28(20)24(30)17(18)10-32-2)16(11-33-5-4-26)14-6-21-22(35-13-34-21)8-19(14)27-23/h6-8,12,31H,3-5,9-11,13,26H2,1-2H3/t25-/m1/s1. The predicted molar refractivity (Wildman–Crippen MR) is 126 cm³/mol. The molecule has 0 aliphatic carbocycles. The van der Waals surface area contributed by atoms with Gasteiger partial charge in [0.2, 0.25) is 6.79 Å². The molecule has 2 aliphatic rings. The van der Waals surface area contributed by atoms with E-state index in [0.29, 0.717) is 47.8 Å². The van der Waals surface area contributed by atoms with E-state index in [1.165, 1.54) is 7.11 Å². The largest absolute Gasteiger partial charge is 0.454 e. The van der Waals surface area contributed by atoms with Crippen molar-refractivity contribution in [2.45, 2.75) is 38.7 Å². The summed E-state index contributed by atoms with van der Waals surface area (Å²) < 4.78 is 23.8. The van der Waals surface area contributed by atoms with Crippen LogP contribution in [0.25, 0.3) is 22.3 Å². The van der Waals surface area contributed by atoms with Crippen LogP contribution in [0.4, 0.5) is 0 Å². The number of hydrogen-bond acceptors (Lipinski definition) is 9. The summed E-state index contributed by atoms with van der Waals surface area (Å²) >= 11 is 0. The molecule has 35 heavy (non-hydrogen) atoms. The Labute approximate surface area is 201 Å². The van der Waals surface area contributed by atoms with Crippen molar-refractivity contribution < 1.29 is 28.8 Å². The Morgan fingerprint density at radius 1 is 1.23 bits per heavy atom. The number of hydrogen-bond donors (Lipinski definition) is 2. The first-order chi connectivity index (χ1) is 17.0. The Kier molecular flexibility index (Phi) is 6.06. The maximum Gasteiger partial charge on any atom is 0.257 e. The molecule has 10 nitrogen and oxygen atoms in total. The molecular formula is C25H27N3O7. The van der Waals surface area contributed by atoms with E-state index in [1.54, 1.807) is 23.6 Å². The van der Waals surface area contributed by atoms with Crippen LogP contribution >= 0.6 is 0 Å². The zero-order valence-electron chi connectivity index (χ0n) is 19.6. The zero-order valence-corrected chi connectivity index (χ0v) is 19.6. The van der Waals surface area contributed by atoms with Gasteiger partial charge < -0.3 is 34.4 Å². The Hall–Kier alpha value is -3.31. The van der Waals surface area contributed by atoms with E-state index in [1.807, 2.05) is 6.07 Å². The Bertz CT molecular complexity index is 1380. The average Bonchev–Trinajstić information content (AvgIpc) is 3.48. The van der Waals surface area contributed by atoms with Gasteiger partial charge in [-0.2, -0.15) is 0 Å². The molecule has 3 N–H and O–H groups in total. The van der Waals surface area contributed by atoms with E-state index < -0.39 is 5.60 Å². The van der Waals surface area contributed by atoms with Crippen LogP contribution in [-0.4, -0.2) is 48.0 Å². The van der Waals surface area contributed by atoms with Crippen molar-refractivity contribution in [1.82, 2.24) is 9.55 Å². The summed E-state index contributed by atoms with van der Waals surface area (Å²) in [5.74, 6) is 1.21. The molecule has 1 aromatic carbocycles. The lowest BCUT2D eigenvalue weighted by molar-refractivity contribution is -0.125. The molecule has 0 amide bonds. The number of ether oxygens (including phenoxy) is 4. The van der Waals surface area contributed by atoms with E-state index in [0.717, 1.165) is 16.5 Å². The van der Waals surface area contributed by atoms with Gasteiger partial charge in [0.15, 0.2) is 17.8 Å². The van der Waals surface area contributed by atoms with Gasteiger partial charge in [0, 0.05) is 41.8 Å². The molecule has 0 saturated carbocycles. The smallest absolute Gasteiger partial charge is 0.257 e. The van der Waals surface area contributed by atoms with Crippen molar-refractivity contribution in [3.8, 4) is 22.9 Å². The monoisotopic (exact) mass is 481 g/mol. The SMILES string of the molecule is CC[C@@](O)(C=O)c1cc2n(c(=O)c1COC)Cc1c-2nc2cc3c(cc2c1COCCN)OCO3. The summed E-state index contributed by atoms with van der Waals surface area (Å²) in [7, 11) is 1.46. The van der Waals surface area contributed by atoms with Crippen molar-refractivity contribution in [3.63, 3.8) is 0 Å². The van der Waals surface area contributed by atoms with Gasteiger partial charge in [-0.1, -0.05) is 6.92 Å². The fraction of sp³-hybridized carbons (Fsp3) is 0.400. The highest BCUT2D eigenvalue weighted by Gasteiger charge is 2.35. The summed E-state index contributed by atoms with van der Waals surface area (Å²) in [6, 6.07) is 5.36. The molecule has 184 valence electrons. The molecule has 4 heterocycles. The van der Waals surface area contributed by atoms with Crippen LogP contribution in [0.1, 0.15) is 35.6 Å². The minimum absolute atomic E-state index is 0.0375. The third kappa shape index (κ3) is 3.69. The van der Waals surface area contributed by atoms with Gasteiger partial charge in [-0.15, -0.1) is 0 Å². The lowest BCUT2D eigenvalue weighted by atomic mass is 9.89. The maximum atomic E-state index is 13.6. The van der Waals surface area contributed by atoms with E-state index >= 15 is 0 Å². The Morgan fingerprint density at radius 2 is 2.00 bits per heavy atom. The van der Waals surface area contributed by atoms with Crippen LogP contribution in [0.3, 0.4) is 0 Å². The molecule has 0 unspecified atom stereocenters. The lowest BCUT2D eigenvalue weighted by Gasteiger charge is -2.24. The molecule has 10 heteroatoms. The molecule has 0 fully saturated rings. The summed E-state index contributed by atoms with van der Waals surface area (Å²) in [4.78, 5) is 30.4. The van der Waals surface area contributed by atoms with E-state index in [4.69, 9.17) is 29.7 Å². The van der Waals surface area contributed by atoms with Gasteiger partial charge in [-0.3, -0.25) is 9.59 Å².